The highest BCUT2D eigenvalue weighted by Crippen LogP contribution is 2.31. The lowest BCUT2D eigenvalue weighted by Crippen LogP contribution is -2.27. The summed E-state index contributed by atoms with van der Waals surface area (Å²) >= 11 is 6.09. The molecule has 2 rings (SSSR count). The summed E-state index contributed by atoms with van der Waals surface area (Å²) in [5.41, 5.74) is 1.44. The summed E-state index contributed by atoms with van der Waals surface area (Å²) < 4.78 is 5.67. The first-order valence-corrected chi connectivity index (χ1v) is 6.87. The van der Waals surface area contributed by atoms with E-state index in [0.717, 1.165) is 30.3 Å². The second kappa shape index (κ2) is 5.66. The minimum absolute atomic E-state index is 0.0850. The fraction of sp³-hybridized carbons (Fsp3) is 0.400. The van der Waals surface area contributed by atoms with Gasteiger partial charge in [-0.2, -0.15) is 0 Å². The van der Waals surface area contributed by atoms with Gasteiger partial charge in [0.15, 0.2) is 11.3 Å². The summed E-state index contributed by atoms with van der Waals surface area (Å²) in [5.74, 6) is 0.305. The molecular formula is C15H18ClNO2. The van der Waals surface area contributed by atoms with E-state index in [4.69, 9.17) is 16.0 Å². The van der Waals surface area contributed by atoms with Crippen molar-refractivity contribution in [2.24, 2.45) is 0 Å². The van der Waals surface area contributed by atoms with Crippen molar-refractivity contribution < 1.29 is 9.21 Å². The Labute approximate surface area is 118 Å². The molecule has 102 valence electrons. The number of nitrogens with zero attached hydrogens (tertiary/aromatic N) is 1. The topological polar surface area (TPSA) is 33.5 Å². The number of aryl methyl sites for hydroxylation is 1. The second-order valence-electron chi connectivity index (χ2n) is 4.75. The summed E-state index contributed by atoms with van der Waals surface area (Å²) in [6, 6.07) is 5.55. The van der Waals surface area contributed by atoms with Crippen LogP contribution in [0.25, 0.3) is 11.0 Å². The second-order valence-corrected chi connectivity index (χ2v) is 5.16. The molecule has 0 fully saturated rings. The predicted molar refractivity (Wildman–Crippen MR) is 77.8 cm³/mol. The SMILES string of the molecule is CCCCN(C)C(=O)c1oc2c(Cl)cccc2c1C. The third-order valence-corrected chi connectivity index (χ3v) is 3.60. The number of rotatable bonds is 4. The molecule has 1 amide bonds. The Hall–Kier alpha value is -1.48. The molecule has 0 unspecified atom stereocenters. The van der Waals surface area contributed by atoms with Gasteiger partial charge in [-0.25, -0.2) is 0 Å². The molecule has 0 N–H and O–H groups in total. The smallest absolute Gasteiger partial charge is 0.289 e. The van der Waals surface area contributed by atoms with Crippen LogP contribution in [-0.2, 0) is 0 Å². The molecule has 0 bridgehead atoms. The molecular weight excluding hydrogens is 262 g/mol. The van der Waals surface area contributed by atoms with E-state index >= 15 is 0 Å². The third-order valence-electron chi connectivity index (χ3n) is 3.30. The molecule has 0 aliphatic rings. The number of carbonyl (C=O) groups excluding carboxylic acids is 1. The number of amides is 1. The number of furan rings is 1. The zero-order valence-corrected chi connectivity index (χ0v) is 12.3. The molecule has 0 aliphatic carbocycles. The van der Waals surface area contributed by atoms with Crippen LogP contribution in [0.15, 0.2) is 22.6 Å². The van der Waals surface area contributed by atoms with E-state index in [0.29, 0.717) is 16.4 Å². The van der Waals surface area contributed by atoms with Gasteiger partial charge in [0.05, 0.1) is 5.02 Å². The van der Waals surface area contributed by atoms with Gasteiger partial charge < -0.3 is 9.32 Å². The average Bonchev–Trinajstić information content (AvgIpc) is 2.74. The highest BCUT2D eigenvalue weighted by Gasteiger charge is 2.21. The number of fused-ring (bicyclic) bond motifs is 1. The van der Waals surface area contributed by atoms with Crippen molar-refractivity contribution in [2.45, 2.75) is 26.7 Å². The van der Waals surface area contributed by atoms with Crippen LogP contribution in [0.1, 0.15) is 35.9 Å². The lowest BCUT2D eigenvalue weighted by atomic mass is 10.1. The molecule has 0 aliphatic heterocycles. The van der Waals surface area contributed by atoms with Crippen molar-refractivity contribution in [1.29, 1.82) is 0 Å². The van der Waals surface area contributed by atoms with E-state index in [1.165, 1.54) is 0 Å². The normalized spacial score (nSPS) is 10.9. The van der Waals surface area contributed by atoms with Gasteiger partial charge in [-0.3, -0.25) is 4.79 Å². The van der Waals surface area contributed by atoms with Crippen molar-refractivity contribution in [2.75, 3.05) is 13.6 Å². The van der Waals surface area contributed by atoms with Crippen LogP contribution < -0.4 is 0 Å². The lowest BCUT2D eigenvalue weighted by Gasteiger charge is -2.15. The zero-order chi connectivity index (χ0) is 14.0. The maximum absolute atomic E-state index is 12.3. The van der Waals surface area contributed by atoms with Crippen molar-refractivity contribution in [3.63, 3.8) is 0 Å². The fourth-order valence-electron chi connectivity index (χ4n) is 2.08. The Bertz CT molecular complexity index is 603. The first kappa shape index (κ1) is 13.9. The Morgan fingerprint density at radius 3 is 2.79 bits per heavy atom. The van der Waals surface area contributed by atoms with Crippen molar-refractivity contribution >= 4 is 28.5 Å². The zero-order valence-electron chi connectivity index (χ0n) is 11.5. The average molecular weight is 280 g/mol. The van der Waals surface area contributed by atoms with E-state index < -0.39 is 0 Å². The number of hydrogen-bond donors (Lipinski definition) is 0. The third kappa shape index (κ3) is 2.61. The number of hydrogen-bond acceptors (Lipinski definition) is 2. The van der Waals surface area contributed by atoms with Crippen molar-refractivity contribution in [3.05, 3.63) is 34.5 Å². The molecule has 1 aromatic heterocycles. The maximum Gasteiger partial charge on any atom is 0.289 e. The highest BCUT2D eigenvalue weighted by molar-refractivity contribution is 6.35. The minimum atomic E-state index is -0.0850. The fourth-order valence-corrected chi connectivity index (χ4v) is 2.30. The molecule has 3 nitrogen and oxygen atoms in total. The summed E-state index contributed by atoms with van der Waals surface area (Å²) in [7, 11) is 1.80. The Morgan fingerprint density at radius 2 is 2.16 bits per heavy atom. The molecule has 19 heavy (non-hydrogen) atoms. The van der Waals surface area contributed by atoms with Gasteiger partial charge in [0.25, 0.3) is 5.91 Å². The molecule has 4 heteroatoms. The van der Waals surface area contributed by atoms with Crippen LogP contribution in [0.4, 0.5) is 0 Å². The monoisotopic (exact) mass is 279 g/mol. The number of para-hydroxylation sites is 1. The van der Waals surface area contributed by atoms with Crippen LogP contribution in [0.2, 0.25) is 5.02 Å². The van der Waals surface area contributed by atoms with Gasteiger partial charge in [0.1, 0.15) is 0 Å². The minimum Gasteiger partial charge on any atom is -0.449 e. The predicted octanol–water partition coefficient (Wildman–Crippen LogP) is 4.27. The van der Waals surface area contributed by atoms with Gasteiger partial charge in [0.2, 0.25) is 0 Å². The molecule has 0 radical (unpaired) electrons. The highest BCUT2D eigenvalue weighted by atomic mass is 35.5. The van der Waals surface area contributed by atoms with Crippen LogP contribution in [0.5, 0.6) is 0 Å². The van der Waals surface area contributed by atoms with Crippen molar-refractivity contribution in [3.8, 4) is 0 Å². The first-order valence-electron chi connectivity index (χ1n) is 6.49. The number of carbonyl (C=O) groups is 1. The van der Waals surface area contributed by atoms with Gasteiger partial charge in [-0.15, -0.1) is 0 Å². The molecule has 0 spiro atoms. The largest absolute Gasteiger partial charge is 0.449 e. The van der Waals surface area contributed by atoms with E-state index in [1.54, 1.807) is 18.0 Å². The van der Waals surface area contributed by atoms with Gasteiger partial charge in [-0.05, 0) is 19.4 Å². The van der Waals surface area contributed by atoms with Gasteiger partial charge >= 0.3 is 0 Å². The lowest BCUT2D eigenvalue weighted by molar-refractivity contribution is 0.0763. The summed E-state index contributed by atoms with van der Waals surface area (Å²) in [5, 5.41) is 1.44. The van der Waals surface area contributed by atoms with E-state index in [-0.39, 0.29) is 5.91 Å². The van der Waals surface area contributed by atoms with E-state index in [9.17, 15) is 4.79 Å². The summed E-state index contributed by atoms with van der Waals surface area (Å²) in [6.07, 6.45) is 2.05. The van der Waals surface area contributed by atoms with Crippen LogP contribution in [-0.4, -0.2) is 24.4 Å². The van der Waals surface area contributed by atoms with E-state index in [2.05, 4.69) is 6.92 Å². The molecule has 0 saturated heterocycles. The molecule has 1 heterocycles. The number of halogens is 1. The maximum atomic E-state index is 12.3. The molecule has 2 aromatic rings. The Kier molecular flexibility index (Phi) is 4.15. The summed E-state index contributed by atoms with van der Waals surface area (Å²) in [4.78, 5) is 14.0. The van der Waals surface area contributed by atoms with Gasteiger partial charge in [0, 0.05) is 24.5 Å². The molecule has 0 saturated carbocycles. The molecule has 1 aromatic carbocycles. The van der Waals surface area contributed by atoms with Crippen molar-refractivity contribution in [1.82, 2.24) is 4.90 Å². The van der Waals surface area contributed by atoms with Crippen LogP contribution >= 0.6 is 11.6 Å². The summed E-state index contributed by atoms with van der Waals surface area (Å²) in [6.45, 7) is 4.73. The Morgan fingerprint density at radius 1 is 1.42 bits per heavy atom. The van der Waals surface area contributed by atoms with Gasteiger partial charge in [-0.1, -0.05) is 37.1 Å². The van der Waals surface area contributed by atoms with Crippen LogP contribution in [0.3, 0.4) is 0 Å². The van der Waals surface area contributed by atoms with Crippen LogP contribution in [0, 0.1) is 6.92 Å². The number of benzene rings is 1. The standard InChI is InChI=1S/C15H18ClNO2/c1-4-5-9-17(3)15(18)13-10(2)11-7-6-8-12(16)14(11)19-13/h6-8H,4-5,9H2,1-3H3. The number of unbranched alkanes of at least 4 members (excludes halogenated alkanes) is 1. The Balaban J connectivity index is 2.37. The van der Waals surface area contributed by atoms with E-state index in [1.807, 2.05) is 19.1 Å². The quantitative estimate of drug-likeness (QED) is 0.837. The first-order chi connectivity index (χ1) is 9.06. The molecule has 0 atom stereocenters.